The highest BCUT2D eigenvalue weighted by Gasteiger charge is 2.20. The van der Waals surface area contributed by atoms with E-state index in [0.29, 0.717) is 6.42 Å². The van der Waals surface area contributed by atoms with Crippen LogP contribution in [0.4, 0.5) is 10.1 Å². The molecule has 1 atom stereocenters. The predicted molar refractivity (Wildman–Crippen MR) is 88.0 cm³/mol. The third kappa shape index (κ3) is 4.01. The molecule has 0 saturated heterocycles. The summed E-state index contributed by atoms with van der Waals surface area (Å²) in [5.74, 6) is -0.673. The molecule has 116 valence electrons. The fourth-order valence-electron chi connectivity index (χ4n) is 1.98. The van der Waals surface area contributed by atoms with E-state index in [9.17, 15) is 9.18 Å². The maximum absolute atomic E-state index is 13.6. The SMILES string of the molecule is CC[C@H](Oc1ccccc1F)C(=O)Nc1ccccc1SC. The summed E-state index contributed by atoms with van der Waals surface area (Å²) in [4.78, 5) is 13.3. The van der Waals surface area contributed by atoms with Crippen LogP contribution in [0.25, 0.3) is 0 Å². The van der Waals surface area contributed by atoms with Crippen LogP contribution >= 0.6 is 11.8 Å². The van der Waals surface area contributed by atoms with E-state index in [0.717, 1.165) is 10.6 Å². The molecule has 0 spiro atoms. The number of halogens is 1. The lowest BCUT2D eigenvalue weighted by molar-refractivity contribution is -0.122. The molecule has 3 nitrogen and oxygen atoms in total. The molecule has 0 fully saturated rings. The summed E-state index contributed by atoms with van der Waals surface area (Å²) in [7, 11) is 0. The van der Waals surface area contributed by atoms with Crippen molar-refractivity contribution in [1.29, 1.82) is 0 Å². The second kappa shape index (κ2) is 7.84. The minimum atomic E-state index is -0.744. The smallest absolute Gasteiger partial charge is 0.265 e. The number of hydrogen-bond donors (Lipinski definition) is 1. The van der Waals surface area contributed by atoms with E-state index in [2.05, 4.69) is 5.32 Å². The highest BCUT2D eigenvalue weighted by Crippen LogP contribution is 2.25. The molecule has 2 aromatic rings. The van der Waals surface area contributed by atoms with Crippen LogP contribution < -0.4 is 10.1 Å². The van der Waals surface area contributed by atoms with Crippen LogP contribution in [0.3, 0.4) is 0 Å². The van der Waals surface area contributed by atoms with Gasteiger partial charge in [-0.1, -0.05) is 31.2 Å². The third-order valence-electron chi connectivity index (χ3n) is 3.13. The minimum Gasteiger partial charge on any atom is -0.478 e. The van der Waals surface area contributed by atoms with E-state index >= 15 is 0 Å². The Labute approximate surface area is 133 Å². The molecular formula is C17H18FNO2S. The molecule has 0 heterocycles. The summed E-state index contributed by atoms with van der Waals surface area (Å²) in [5.41, 5.74) is 0.732. The Morgan fingerprint density at radius 1 is 1.23 bits per heavy atom. The predicted octanol–water partition coefficient (Wildman–Crippen LogP) is 4.34. The van der Waals surface area contributed by atoms with Gasteiger partial charge in [-0.2, -0.15) is 0 Å². The zero-order valence-corrected chi connectivity index (χ0v) is 13.3. The summed E-state index contributed by atoms with van der Waals surface area (Å²) in [6, 6.07) is 13.6. The third-order valence-corrected chi connectivity index (χ3v) is 3.93. The fraction of sp³-hybridized carbons (Fsp3) is 0.235. The molecule has 0 aromatic heterocycles. The average molecular weight is 319 g/mol. The van der Waals surface area contributed by atoms with Gasteiger partial charge in [-0.25, -0.2) is 4.39 Å². The van der Waals surface area contributed by atoms with Gasteiger partial charge in [0.2, 0.25) is 0 Å². The number of hydrogen-bond acceptors (Lipinski definition) is 3. The summed E-state index contributed by atoms with van der Waals surface area (Å²) in [5, 5.41) is 2.84. The van der Waals surface area contributed by atoms with Crippen molar-refractivity contribution in [2.45, 2.75) is 24.3 Å². The van der Waals surface area contributed by atoms with Crippen LogP contribution in [0.2, 0.25) is 0 Å². The lowest BCUT2D eigenvalue weighted by Crippen LogP contribution is -2.32. The average Bonchev–Trinajstić information content (AvgIpc) is 2.54. The van der Waals surface area contributed by atoms with Gasteiger partial charge in [-0.05, 0) is 36.9 Å². The maximum atomic E-state index is 13.6. The molecule has 0 aliphatic heterocycles. The topological polar surface area (TPSA) is 38.3 Å². The van der Waals surface area contributed by atoms with Crippen LogP contribution in [0.1, 0.15) is 13.3 Å². The molecule has 2 rings (SSSR count). The minimum absolute atomic E-state index is 0.0858. The van der Waals surface area contributed by atoms with Crippen LogP contribution in [-0.2, 0) is 4.79 Å². The van der Waals surface area contributed by atoms with Crippen molar-refractivity contribution in [3.8, 4) is 5.75 Å². The van der Waals surface area contributed by atoms with Gasteiger partial charge in [-0.3, -0.25) is 4.79 Å². The van der Waals surface area contributed by atoms with Crippen molar-refractivity contribution in [2.75, 3.05) is 11.6 Å². The van der Waals surface area contributed by atoms with Crippen molar-refractivity contribution in [2.24, 2.45) is 0 Å². The molecule has 22 heavy (non-hydrogen) atoms. The van der Waals surface area contributed by atoms with E-state index in [-0.39, 0.29) is 11.7 Å². The summed E-state index contributed by atoms with van der Waals surface area (Å²) < 4.78 is 19.1. The number of carbonyl (C=O) groups excluding carboxylic acids is 1. The number of nitrogens with one attached hydrogen (secondary N) is 1. The maximum Gasteiger partial charge on any atom is 0.265 e. The number of thioether (sulfide) groups is 1. The second-order valence-corrected chi connectivity index (χ2v) is 5.48. The van der Waals surface area contributed by atoms with Gasteiger partial charge in [0.15, 0.2) is 17.7 Å². The molecule has 5 heteroatoms. The van der Waals surface area contributed by atoms with E-state index in [1.54, 1.807) is 23.9 Å². The van der Waals surface area contributed by atoms with Gasteiger partial charge in [0.05, 0.1) is 5.69 Å². The zero-order valence-electron chi connectivity index (χ0n) is 12.5. The number of para-hydroxylation sites is 2. The van der Waals surface area contributed by atoms with Crippen molar-refractivity contribution < 1.29 is 13.9 Å². The van der Waals surface area contributed by atoms with Crippen molar-refractivity contribution in [3.05, 3.63) is 54.3 Å². The monoisotopic (exact) mass is 319 g/mol. The van der Waals surface area contributed by atoms with Crippen molar-refractivity contribution >= 4 is 23.4 Å². The molecule has 0 unspecified atom stereocenters. The van der Waals surface area contributed by atoms with Crippen LogP contribution in [0.15, 0.2) is 53.4 Å². The van der Waals surface area contributed by atoms with Gasteiger partial charge in [-0.15, -0.1) is 11.8 Å². The highest BCUT2D eigenvalue weighted by molar-refractivity contribution is 7.98. The molecule has 1 N–H and O–H groups in total. The molecule has 0 aliphatic carbocycles. The first-order valence-corrected chi connectivity index (χ1v) is 8.23. The van der Waals surface area contributed by atoms with Gasteiger partial charge in [0.25, 0.3) is 5.91 Å². The molecule has 0 radical (unpaired) electrons. The molecule has 2 aromatic carbocycles. The Hall–Kier alpha value is -2.01. The van der Waals surface area contributed by atoms with Crippen LogP contribution in [0, 0.1) is 5.82 Å². The Bertz CT molecular complexity index is 648. The largest absolute Gasteiger partial charge is 0.478 e. The van der Waals surface area contributed by atoms with Gasteiger partial charge >= 0.3 is 0 Å². The number of carbonyl (C=O) groups is 1. The first-order chi connectivity index (χ1) is 10.7. The first-order valence-electron chi connectivity index (χ1n) is 7.00. The lowest BCUT2D eigenvalue weighted by Gasteiger charge is -2.18. The number of rotatable bonds is 6. The number of ether oxygens (including phenoxy) is 1. The number of benzene rings is 2. The number of anilines is 1. The zero-order chi connectivity index (χ0) is 15.9. The fourth-order valence-corrected chi connectivity index (χ4v) is 2.53. The lowest BCUT2D eigenvalue weighted by atomic mass is 10.2. The van der Waals surface area contributed by atoms with E-state index in [1.807, 2.05) is 37.4 Å². The van der Waals surface area contributed by atoms with Crippen LogP contribution in [0.5, 0.6) is 5.75 Å². The normalized spacial score (nSPS) is 11.8. The second-order valence-electron chi connectivity index (χ2n) is 4.63. The Balaban J connectivity index is 2.11. The van der Waals surface area contributed by atoms with Gasteiger partial charge < -0.3 is 10.1 Å². The van der Waals surface area contributed by atoms with E-state index in [1.165, 1.54) is 12.1 Å². The summed E-state index contributed by atoms with van der Waals surface area (Å²) >= 11 is 1.55. The first kappa shape index (κ1) is 16.4. The van der Waals surface area contributed by atoms with Crippen molar-refractivity contribution in [1.82, 2.24) is 0 Å². The highest BCUT2D eigenvalue weighted by atomic mass is 32.2. The Kier molecular flexibility index (Phi) is 5.83. The molecule has 0 bridgehead atoms. The van der Waals surface area contributed by atoms with E-state index in [4.69, 9.17) is 4.74 Å². The molecule has 1 amide bonds. The van der Waals surface area contributed by atoms with Gasteiger partial charge in [0.1, 0.15) is 0 Å². The van der Waals surface area contributed by atoms with E-state index < -0.39 is 11.9 Å². The quantitative estimate of drug-likeness (QED) is 0.805. The molecule has 0 saturated carbocycles. The Morgan fingerprint density at radius 3 is 2.59 bits per heavy atom. The van der Waals surface area contributed by atoms with Gasteiger partial charge in [0, 0.05) is 4.90 Å². The van der Waals surface area contributed by atoms with Crippen molar-refractivity contribution in [3.63, 3.8) is 0 Å². The summed E-state index contributed by atoms with van der Waals surface area (Å²) in [6.45, 7) is 1.82. The molecular weight excluding hydrogens is 301 g/mol. The standard InChI is InChI=1S/C17H18FNO2S/c1-3-14(21-15-10-6-4-8-12(15)18)17(20)19-13-9-5-7-11-16(13)22-2/h4-11,14H,3H2,1-2H3,(H,19,20)/t14-/m0/s1. The summed E-state index contributed by atoms with van der Waals surface area (Å²) in [6.07, 6.45) is 1.64. The number of amides is 1. The molecule has 0 aliphatic rings. The van der Waals surface area contributed by atoms with Crippen LogP contribution in [-0.4, -0.2) is 18.3 Å². The Morgan fingerprint density at radius 2 is 1.91 bits per heavy atom.